The number of thioether (sulfide) groups is 1. The highest BCUT2D eigenvalue weighted by Gasteiger charge is 2.61. The van der Waals surface area contributed by atoms with Crippen molar-refractivity contribution in [2.75, 3.05) is 0 Å². The first kappa shape index (κ1) is 25.7. The van der Waals surface area contributed by atoms with E-state index in [4.69, 9.17) is 4.74 Å². The first-order chi connectivity index (χ1) is 19.3. The monoisotopic (exact) mass is 551 g/mol. The number of fused-ring (bicyclic) bond motifs is 10. The third kappa shape index (κ3) is 4.14. The molecule has 6 saturated carbocycles. The van der Waals surface area contributed by atoms with Gasteiger partial charge in [-0.1, -0.05) is 51.4 Å². The van der Waals surface area contributed by atoms with Gasteiger partial charge >= 0.3 is 0 Å². The van der Waals surface area contributed by atoms with Crippen LogP contribution in [0.2, 0.25) is 0 Å². The van der Waals surface area contributed by atoms with E-state index in [9.17, 15) is 0 Å². The predicted octanol–water partition coefficient (Wildman–Crippen LogP) is 8.86. The molecule has 3 heterocycles. The maximum absolute atomic E-state index is 7.51. The highest BCUT2D eigenvalue weighted by atomic mass is 32.2. The topological polar surface area (TPSA) is 12.5 Å². The van der Waals surface area contributed by atoms with Crippen LogP contribution in [0.1, 0.15) is 135 Å². The summed E-state index contributed by atoms with van der Waals surface area (Å²) in [5.41, 5.74) is 0. The van der Waals surface area contributed by atoms with Crippen LogP contribution in [0.3, 0.4) is 0 Å². The van der Waals surface area contributed by atoms with Crippen molar-refractivity contribution in [3.63, 3.8) is 0 Å². The van der Waals surface area contributed by atoms with Crippen molar-refractivity contribution in [2.24, 2.45) is 47.3 Å². The van der Waals surface area contributed by atoms with Gasteiger partial charge in [0.2, 0.25) is 0 Å². The molecule has 0 spiro atoms. The van der Waals surface area contributed by atoms with Crippen molar-refractivity contribution in [1.82, 2.24) is 4.90 Å². The molecular weight excluding hydrogens is 494 g/mol. The zero-order chi connectivity index (χ0) is 25.5. The van der Waals surface area contributed by atoms with E-state index >= 15 is 0 Å². The third-order valence-corrected chi connectivity index (χ3v) is 16.8. The van der Waals surface area contributed by atoms with Gasteiger partial charge in [0.25, 0.3) is 0 Å². The van der Waals surface area contributed by atoms with Gasteiger partial charge in [0.05, 0.1) is 12.2 Å². The molecule has 0 amide bonds. The second-order valence-corrected chi connectivity index (χ2v) is 17.8. The molecule has 9 rings (SSSR count). The van der Waals surface area contributed by atoms with Crippen LogP contribution in [0.15, 0.2) is 0 Å². The lowest BCUT2D eigenvalue weighted by Crippen LogP contribution is -2.48. The zero-order valence-electron chi connectivity index (χ0n) is 24.8. The number of likely N-dealkylation sites (tertiary alicyclic amines) is 1. The Bertz CT molecular complexity index is 887. The standard InChI is InChI=1S/C36H57NOS/c1-2-9-23(10-3-1)37-30-15-6-4-11-25(30)29-21-22(17-19-31(29)37)24-13-8-14-26-27-18-20-33-34(36(27)38-35(24)26)28-12-5-7-16-32(28)39-33/h22-36H,1-21H2. The molecule has 0 radical (unpaired) electrons. The molecule has 3 saturated heterocycles. The first-order valence-corrected chi connectivity index (χ1v) is 19.4. The smallest absolute Gasteiger partial charge is 0.0652 e. The van der Waals surface area contributed by atoms with Crippen LogP contribution in [0.4, 0.5) is 0 Å². The van der Waals surface area contributed by atoms with E-state index in [0.29, 0.717) is 12.2 Å². The Hall–Kier alpha value is 0.270. The predicted molar refractivity (Wildman–Crippen MR) is 162 cm³/mol. The van der Waals surface area contributed by atoms with Crippen LogP contribution < -0.4 is 0 Å². The van der Waals surface area contributed by atoms with Gasteiger partial charge < -0.3 is 4.74 Å². The molecule has 6 aliphatic carbocycles. The SMILES string of the molecule is C1CCC(N2C3CCCCC3C3CC(C4CCCC5C6CCC7SC8CCCCC8C7C6OC45)CCC32)CC1. The van der Waals surface area contributed by atoms with Gasteiger partial charge in [-0.15, -0.1) is 0 Å². The lowest BCUT2D eigenvalue weighted by Gasteiger charge is -2.46. The summed E-state index contributed by atoms with van der Waals surface area (Å²) in [6, 6.07) is 2.85. The number of hydrogen-bond acceptors (Lipinski definition) is 3. The molecule has 9 fully saturated rings. The number of rotatable bonds is 2. The maximum atomic E-state index is 7.51. The molecular formula is C36H57NOS. The summed E-state index contributed by atoms with van der Waals surface area (Å²) in [6.45, 7) is 0. The van der Waals surface area contributed by atoms with Crippen LogP contribution in [-0.4, -0.2) is 45.7 Å². The Morgan fingerprint density at radius 1 is 0.462 bits per heavy atom. The van der Waals surface area contributed by atoms with E-state index in [2.05, 4.69) is 16.7 Å². The van der Waals surface area contributed by atoms with Gasteiger partial charge in [0.15, 0.2) is 0 Å². The van der Waals surface area contributed by atoms with E-state index in [1.807, 2.05) is 0 Å². The quantitative estimate of drug-likeness (QED) is 0.340. The van der Waals surface area contributed by atoms with E-state index in [1.165, 1.54) is 122 Å². The summed E-state index contributed by atoms with van der Waals surface area (Å²) in [5, 5.41) is 1.93. The average Bonchev–Trinajstić information content (AvgIpc) is 3.66. The fraction of sp³-hybridized carbons (Fsp3) is 1.00. The highest BCUT2D eigenvalue weighted by molar-refractivity contribution is 8.00. The Labute approximate surface area is 243 Å². The van der Waals surface area contributed by atoms with Crippen molar-refractivity contribution < 1.29 is 4.74 Å². The Morgan fingerprint density at radius 2 is 1.18 bits per heavy atom. The van der Waals surface area contributed by atoms with Crippen molar-refractivity contribution in [3.8, 4) is 0 Å². The minimum Gasteiger partial charge on any atom is -0.374 e. The van der Waals surface area contributed by atoms with E-state index < -0.39 is 0 Å². The van der Waals surface area contributed by atoms with E-state index in [0.717, 1.165) is 76.0 Å². The van der Waals surface area contributed by atoms with Crippen LogP contribution in [-0.2, 0) is 4.74 Å². The second kappa shape index (κ2) is 10.5. The normalized spacial score (nSPS) is 55.7. The fourth-order valence-corrected chi connectivity index (χ4v) is 15.8. The molecule has 3 heteroatoms. The summed E-state index contributed by atoms with van der Waals surface area (Å²) in [5.74, 6) is 7.71. The van der Waals surface area contributed by atoms with Crippen LogP contribution in [0, 0.1) is 47.3 Å². The minimum atomic E-state index is 0.639. The van der Waals surface area contributed by atoms with Gasteiger partial charge in [-0.05, 0) is 125 Å². The summed E-state index contributed by atoms with van der Waals surface area (Å²) in [4.78, 5) is 3.23. The van der Waals surface area contributed by atoms with Crippen molar-refractivity contribution in [2.45, 2.75) is 176 Å². The molecule has 2 nitrogen and oxygen atoms in total. The molecule has 0 aromatic rings. The molecule has 218 valence electrons. The largest absolute Gasteiger partial charge is 0.374 e. The van der Waals surface area contributed by atoms with Gasteiger partial charge in [-0.2, -0.15) is 11.8 Å². The second-order valence-electron chi connectivity index (χ2n) is 16.4. The Balaban J connectivity index is 0.944. The highest BCUT2D eigenvalue weighted by Crippen LogP contribution is 2.62. The molecule has 0 bridgehead atoms. The van der Waals surface area contributed by atoms with E-state index in [-0.39, 0.29) is 0 Å². The van der Waals surface area contributed by atoms with E-state index in [1.54, 1.807) is 12.8 Å². The molecule has 9 aliphatic rings. The van der Waals surface area contributed by atoms with Crippen molar-refractivity contribution in [1.29, 1.82) is 0 Å². The van der Waals surface area contributed by atoms with Gasteiger partial charge in [0.1, 0.15) is 0 Å². The minimum absolute atomic E-state index is 0.639. The van der Waals surface area contributed by atoms with Crippen LogP contribution in [0.5, 0.6) is 0 Å². The first-order valence-electron chi connectivity index (χ1n) is 18.4. The number of nitrogens with zero attached hydrogens (tertiary/aromatic N) is 1. The Morgan fingerprint density at radius 3 is 2.10 bits per heavy atom. The van der Waals surface area contributed by atoms with Gasteiger partial charge in [-0.3, -0.25) is 4.90 Å². The molecule has 3 aliphatic heterocycles. The van der Waals surface area contributed by atoms with Crippen molar-refractivity contribution >= 4 is 11.8 Å². The summed E-state index contributed by atoms with van der Waals surface area (Å²) in [7, 11) is 0. The van der Waals surface area contributed by atoms with Crippen LogP contribution in [0.25, 0.3) is 0 Å². The molecule has 0 aromatic heterocycles. The summed E-state index contributed by atoms with van der Waals surface area (Å²) >= 11 is 2.44. The third-order valence-electron chi connectivity index (χ3n) is 15.0. The Kier molecular flexibility index (Phi) is 6.91. The lowest BCUT2D eigenvalue weighted by molar-refractivity contribution is -0.0775. The lowest BCUT2D eigenvalue weighted by atomic mass is 9.60. The molecule has 0 aromatic carbocycles. The molecule has 0 N–H and O–H groups in total. The summed E-state index contributed by atoms with van der Waals surface area (Å²) < 4.78 is 7.51. The number of ether oxygens (including phenoxy) is 1. The average molecular weight is 552 g/mol. The molecule has 14 atom stereocenters. The summed E-state index contributed by atoms with van der Waals surface area (Å²) in [6.07, 6.45) is 33.2. The van der Waals surface area contributed by atoms with Crippen LogP contribution >= 0.6 is 11.8 Å². The van der Waals surface area contributed by atoms with Gasteiger partial charge in [0, 0.05) is 34.5 Å². The fourth-order valence-electron chi connectivity index (χ4n) is 13.7. The maximum Gasteiger partial charge on any atom is 0.0652 e. The number of hydrogen-bond donors (Lipinski definition) is 0. The van der Waals surface area contributed by atoms with Crippen molar-refractivity contribution in [3.05, 3.63) is 0 Å². The molecule has 14 unspecified atom stereocenters. The molecule has 39 heavy (non-hydrogen) atoms. The zero-order valence-corrected chi connectivity index (χ0v) is 25.6. The van der Waals surface area contributed by atoms with Gasteiger partial charge in [-0.25, -0.2) is 0 Å².